The first kappa shape index (κ1) is 11.1. The van der Waals surface area contributed by atoms with Gasteiger partial charge in [-0.1, -0.05) is 29.3 Å². The second kappa shape index (κ2) is 4.20. The van der Waals surface area contributed by atoms with Gasteiger partial charge in [0.05, 0.1) is 12.6 Å². The highest BCUT2D eigenvalue weighted by Crippen LogP contribution is 2.28. The first-order chi connectivity index (χ1) is 7.61. The van der Waals surface area contributed by atoms with E-state index in [2.05, 4.69) is 5.32 Å². The van der Waals surface area contributed by atoms with E-state index in [1.165, 1.54) is 0 Å². The SMILES string of the molecule is N#CN1CC(c2ccc(Cl)cc2Cl)NC1=O. The van der Waals surface area contributed by atoms with Gasteiger partial charge in [0.1, 0.15) is 0 Å². The van der Waals surface area contributed by atoms with Gasteiger partial charge in [0.2, 0.25) is 0 Å². The van der Waals surface area contributed by atoms with E-state index in [1.54, 1.807) is 24.4 Å². The summed E-state index contributed by atoms with van der Waals surface area (Å²) < 4.78 is 0. The van der Waals surface area contributed by atoms with Crippen LogP contribution in [-0.2, 0) is 0 Å². The van der Waals surface area contributed by atoms with Gasteiger partial charge < -0.3 is 5.32 Å². The third kappa shape index (κ3) is 1.92. The van der Waals surface area contributed by atoms with Gasteiger partial charge in [-0.2, -0.15) is 5.26 Å². The molecular weight excluding hydrogens is 249 g/mol. The lowest BCUT2D eigenvalue weighted by atomic mass is 10.1. The number of halogens is 2. The molecule has 1 N–H and O–H groups in total. The Labute approximate surface area is 102 Å². The van der Waals surface area contributed by atoms with Crippen LogP contribution < -0.4 is 5.32 Å². The summed E-state index contributed by atoms with van der Waals surface area (Å²) in [7, 11) is 0. The van der Waals surface area contributed by atoms with E-state index in [0.29, 0.717) is 10.0 Å². The van der Waals surface area contributed by atoms with Crippen LogP contribution in [0.2, 0.25) is 10.0 Å². The molecule has 1 unspecified atom stereocenters. The Bertz CT molecular complexity index is 483. The normalized spacial score (nSPS) is 19.4. The predicted octanol–water partition coefficient (Wildman–Crippen LogP) is 2.54. The van der Waals surface area contributed by atoms with Gasteiger partial charge in [-0.3, -0.25) is 0 Å². The standard InChI is InChI=1S/C10H7Cl2N3O/c11-6-1-2-7(8(12)3-6)9-4-15(5-13)10(16)14-9/h1-3,9H,4H2,(H,14,16). The molecule has 1 heterocycles. The first-order valence-electron chi connectivity index (χ1n) is 4.54. The minimum atomic E-state index is -0.404. The molecule has 1 aliphatic rings. The third-order valence-corrected chi connectivity index (χ3v) is 2.93. The maximum absolute atomic E-state index is 11.3. The second-order valence-corrected chi connectivity index (χ2v) is 4.22. The van der Waals surface area contributed by atoms with Crippen LogP contribution in [0.4, 0.5) is 4.79 Å². The van der Waals surface area contributed by atoms with Crippen LogP contribution in [-0.4, -0.2) is 17.5 Å². The van der Waals surface area contributed by atoms with E-state index in [1.807, 2.05) is 0 Å². The van der Waals surface area contributed by atoms with Gasteiger partial charge >= 0.3 is 6.03 Å². The second-order valence-electron chi connectivity index (χ2n) is 3.38. The van der Waals surface area contributed by atoms with Crippen molar-refractivity contribution in [2.24, 2.45) is 0 Å². The van der Waals surface area contributed by atoms with E-state index in [4.69, 9.17) is 28.5 Å². The molecule has 1 fully saturated rings. The molecule has 82 valence electrons. The molecule has 0 aromatic heterocycles. The zero-order valence-corrected chi connectivity index (χ0v) is 9.59. The van der Waals surface area contributed by atoms with Crippen molar-refractivity contribution >= 4 is 29.2 Å². The predicted molar refractivity (Wildman–Crippen MR) is 60.1 cm³/mol. The Hall–Kier alpha value is -1.44. The van der Waals surface area contributed by atoms with Crippen LogP contribution >= 0.6 is 23.2 Å². The van der Waals surface area contributed by atoms with Crippen molar-refractivity contribution in [2.75, 3.05) is 6.54 Å². The maximum atomic E-state index is 11.3. The van der Waals surface area contributed by atoms with E-state index >= 15 is 0 Å². The number of urea groups is 1. The van der Waals surface area contributed by atoms with E-state index in [9.17, 15) is 4.79 Å². The van der Waals surface area contributed by atoms with Crippen molar-refractivity contribution in [3.63, 3.8) is 0 Å². The molecule has 0 radical (unpaired) electrons. The van der Waals surface area contributed by atoms with Gasteiger partial charge in [0, 0.05) is 10.0 Å². The summed E-state index contributed by atoms with van der Waals surface area (Å²) in [4.78, 5) is 12.3. The number of nitriles is 1. The zero-order chi connectivity index (χ0) is 11.7. The van der Waals surface area contributed by atoms with Crippen molar-refractivity contribution in [1.82, 2.24) is 10.2 Å². The first-order valence-corrected chi connectivity index (χ1v) is 5.30. The number of benzene rings is 1. The highest BCUT2D eigenvalue weighted by molar-refractivity contribution is 6.35. The summed E-state index contributed by atoms with van der Waals surface area (Å²) >= 11 is 11.8. The number of amides is 2. The van der Waals surface area contributed by atoms with E-state index in [0.717, 1.165) is 10.5 Å². The fourth-order valence-electron chi connectivity index (χ4n) is 1.58. The molecule has 2 rings (SSSR count). The van der Waals surface area contributed by atoms with Crippen molar-refractivity contribution in [1.29, 1.82) is 5.26 Å². The molecule has 0 aliphatic carbocycles. The van der Waals surface area contributed by atoms with Crippen molar-refractivity contribution in [2.45, 2.75) is 6.04 Å². The molecular formula is C10H7Cl2N3O. The lowest BCUT2D eigenvalue weighted by Crippen LogP contribution is -2.23. The molecule has 6 heteroatoms. The van der Waals surface area contributed by atoms with Crippen LogP contribution in [0.5, 0.6) is 0 Å². The van der Waals surface area contributed by atoms with Crippen LogP contribution in [0, 0.1) is 11.5 Å². The van der Waals surface area contributed by atoms with Gasteiger partial charge in [-0.05, 0) is 17.7 Å². The Balaban J connectivity index is 2.27. The topological polar surface area (TPSA) is 56.1 Å². The van der Waals surface area contributed by atoms with Crippen LogP contribution in [0.15, 0.2) is 18.2 Å². The smallest absolute Gasteiger partial charge is 0.328 e. The maximum Gasteiger partial charge on any atom is 0.331 e. The van der Waals surface area contributed by atoms with Crippen LogP contribution in [0.1, 0.15) is 11.6 Å². The Morgan fingerprint density at radius 3 is 2.81 bits per heavy atom. The Morgan fingerprint density at radius 2 is 2.25 bits per heavy atom. The molecule has 4 nitrogen and oxygen atoms in total. The van der Waals surface area contributed by atoms with Gasteiger partial charge in [-0.15, -0.1) is 0 Å². The average molecular weight is 256 g/mol. The third-order valence-electron chi connectivity index (χ3n) is 2.37. The molecule has 0 bridgehead atoms. The molecule has 1 aromatic carbocycles. The summed E-state index contributed by atoms with van der Waals surface area (Å²) in [5.74, 6) is 0. The quantitative estimate of drug-likeness (QED) is 0.785. The van der Waals surface area contributed by atoms with Gasteiger partial charge in [0.15, 0.2) is 6.19 Å². The number of nitrogens with one attached hydrogen (secondary N) is 1. The number of carbonyl (C=O) groups is 1. The number of nitrogens with zero attached hydrogens (tertiary/aromatic N) is 2. The minimum absolute atomic E-state index is 0.267. The van der Waals surface area contributed by atoms with Crippen LogP contribution in [0.25, 0.3) is 0 Å². The van der Waals surface area contributed by atoms with Crippen molar-refractivity contribution in [3.8, 4) is 6.19 Å². The lowest BCUT2D eigenvalue weighted by molar-refractivity contribution is 0.232. The van der Waals surface area contributed by atoms with Crippen molar-refractivity contribution < 1.29 is 4.79 Å². The number of carbonyl (C=O) groups excluding carboxylic acids is 1. The van der Waals surface area contributed by atoms with Gasteiger partial charge in [0.25, 0.3) is 0 Å². The number of hydrogen-bond donors (Lipinski definition) is 1. The summed E-state index contributed by atoms with van der Waals surface area (Å²) in [5, 5.41) is 12.4. The molecule has 2 amide bonds. The molecule has 0 saturated carbocycles. The monoisotopic (exact) mass is 255 g/mol. The number of rotatable bonds is 1. The summed E-state index contributed by atoms with van der Waals surface area (Å²) in [6.07, 6.45) is 1.80. The number of hydrogen-bond acceptors (Lipinski definition) is 2. The Morgan fingerprint density at radius 1 is 1.50 bits per heavy atom. The van der Waals surface area contributed by atoms with E-state index < -0.39 is 6.03 Å². The molecule has 0 spiro atoms. The molecule has 1 aliphatic heterocycles. The average Bonchev–Trinajstić information content (AvgIpc) is 2.59. The molecule has 1 atom stereocenters. The van der Waals surface area contributed by atoms with Crippen molar-refractivity contribution in [3.05, 3.63) is 33.8 Å². The van der Waals surface area contributed by atoms with Gasteiger partial charge in [-0.25, -0.2) is 9.69 Å². The fourth-order valence-corrected chi connectivity index (χ4v) is 2.12. The molecule has 1 saturated heterocycles. The fraction of sp³-hybridized carbons (Fsp3) is 0.200. The summed E-state index contributed by atoms with van der Waals surface area (Å²) in [6, 6.07) is 4.38. The highest BCUT2D eigenvalue weighted by atomic mass is 35.5. The Kier molecular flexibility index (Phi) is 2.90. The van der Waals surface area contributed by atoms with Crippen LogP contribution in [0.3, 0.4) is 0 Å². The lowest BCUT2D eigenvalue weighted by Gasteiger charge is -2.11. The molecule has 1 aromatic rings. The summed E-state index contributed by atoms with van der Waals surface area (Å²) in [6.45, 7) is 0.288. The zero-order valence-electron chi connectivity index (χ0n) is 8.08. The highest BCUT2D eigenvalue weighted by Gasteiger charge is 2.30. The largest absolute Gasteiger partial charge is 0.331 e. The van der Waals surface area contributed by atoms with E-state index in [-0.39, 0.29) is 12.6 Å². The summed E-state index contributed by atoms with van der Waals surface area (Å²) in [5.41, 5.74) is 0.761. The molecule has 16 heavy (non-hydrogen) atoms. The minimum Gasteiger partial charge on any atom is -0.328 e.